The van der Waals surface area contributed by atoms with Crippen LogP contribution in [0.4, 0.5) is 10.5 Å². The van der Waals surface area contributed by atoms with Crippen molar-refractivity contribution in [3.63, 3.8) is 0 Å². The first-order chi connectivity index (χ1) is 17.7. The van der Waals surface area contributed by atoms with Gasteiger partial charge in [0, 0.05) is 4.47 Å². The van der Waals surface area contributed by atoms with Crippen molar-refractivity contribution in [1.29, 1.82) is 0 Å². The lowest BCUT2D eigenvalue weighted by Gasteiger charge is -2.26. The summed E-state index contributed by atoms with van der Waals surface area (Å²) in [6.45, 7) is 2.39. The Morgan fingerprint density at radius 1 is 1.03 bits per heavy atom. The van der Waals surface area contributed by atoms with Crippen LogP contribution in [0.3, 0.4) is 0 Å². The van der Waals surface area contributed by atoms with Crippen molar-refractivity contribution < 1.29 is 28.6 Å². The second-order valence-corrected chi connectivity index (χ2v) is 11.4. The number of halogens is 3. The zero-order valence-electron chi connectivity index (χ0n) is 19.1. The first-order valence-electron chi connectivity index (χ1n) is 10.9. The molecule has 188 valence electrons. The van der Waals surface area contributed by atoms with Crippen molar-refractivity contribution >= 4 is 90.7 Å². The van der Waals surface area contributed by atoms with Crippen LogP contribution in [-0.2, 0) is 16.2 Å². The Labute approximate surface area is 247 Å². The maximum atomic E-state index is 13.2. The Morgan fingerprint density at radius 3 is 2.49 bits per heavy atom. The Kier molecular flexibility index (Phi) is 7.45. The molecule has 0 unspecified atom stereocenters. The molecule has 0 aliphatic carbocycles. The Bertz CT molecular complexity index is 1480. The van der Waals surface area contributed by atoms with Crippen molar-refractivity contribution in [3.05, 3.63) is 82.4 Å². The molecule has 2 heterocycles. The zero-order valence-corrected chi connectivity index (χ0v) is 25.0. The van der Waals surface area contributed by atoms with Crippen LogP contribution in [0, 0.1) is 14.1 Å². The number of ether oxygens (including phenoxy) is 3. The van der Waals surface area contributed by atoms with E-state index in [2.05, 4.69) is 66.4 Å². The largest absolute Gasteiger partial charge is 0.487 e. The predicted molar refractivity (Wildman–Crippen MR) is 157 cm³/mol. The van der Waals surface area contributed by atoms with Gasteiger partial charge in [-0.2, -0.15) is 0 Å². The second kappa shape index (κ2) is 10.6. The molecule has 5 rings (SSSR count). The van der Waals surface area contributed by atoms with Gasteiger partial charge < -0.3 is 14.2 Å². The molecule has 37 heavy (non-hydrogen) atoms. The van der Waals surface area contributed by atoms with E-state index in [0.717, 1.165) is 27.6 Å². The average molecular weight is 787 g/mol. The van der Waals surface area contributed by atoms with E-state index in [4.69, 9.17) is 14.2 Å². The van der Waals surface area contributed by atoms with Gasteiger partial charge in [-0.3, -0.25) is 14.9 Å². The number of hydrogen-bond acceptors (Lipinski definition) is 6. The lowest BCUT2D eigenvalue weighted by molar-refractivity contribution is -0.122. The maximum absolute atomic E-state index is 13.2. The monoisotopic (exact) mass is 786 g/mol. The third kappa shape index (κ3) is 5.34. The normalized spacial score (nSPS) is 15.8. The lowest BCUT2D eigenvalue weighted by atomic mass is 10.1. The number of urea groups is 1. The minimum absolute atomic E-state index is 0.138. The number of amides is 4. The standard InChI is InChI=1S/C26H17BrI2N2O6/c1-13-6-16(3-4-18(13)27)31-25(33)17(24(32)30-26(31)34)7-15-8-19(28)23(20(29)9-15)35-11-14-2-5-21-22(10-14)37-12-36-21/h2-10H,11-12H2,1H3,(H,30,32,34)/b17-7+. The summed E-state index contributed by atoms with van der Waals surface area (Å²) in [4.78, 5) is 39.3. The molecule has 0 saturated carbocycles. The highest BCUT2D eigenvalue weighted by molar-refractivity contribution is 14.1. The smallest absolute Gasteiger partial charge is 0.335 e. The number of anilines is 1. The molecule has 3 aromatic rings. The zero-order chi connectivity index (χ0) is 26.3. The summed E-state index contributed by atoms with van der Waals surface area (Å²) in [5.41, 5.74) is 2.64. The fourth-order valence-electron chi connectivity index (χ4n) is 3.81. The molecule has 2 aliphatic heterocycles. The molecule has 0 bridgehead atoms. The third-order valence-electron chi connectivity index (χ3n) is 5.65. The van der Waals surface area contributed by atoms with Crippen LogP contribution < -0.4 is 24.4 Å². The molecular weight excluding hydrogens is 770 g/mol. The predicted octanol–water partition coefficient (Wildman–Crippen LogP) is 5.94. The first-order valence-corrected chi connectivity index (χ1v) is 13.8. The highest BCUT2D eigenvalue weighted by Gasteiger charge is 2.37. The van der Waals surface area contributed by atoms with Gasteiger partial charge in [0.2, 0.25) is 6.79 Å². The van der Waals surface area contributed by atoms with Crippen LogP contribution in [-0.4, -0.2) is 24.6 Å². The molecule has 1 fully saturated rings. The molecule has 0 radical (unpaired) electrons. The van der Waals surface area contributed by atoms with Gasteiger partial charge in [-0.1, -0.05) is 22.0 Å². The number of fused-ring (bicyclic) bond motifs is 1. The maximum Gasteiger partial charge on any atom is 0.335 e. The van der Waals surface area contributed by atoms with Gasteiger partial charge in [-0.25, -0.2) is 9.69 Å². The van der Waals surface area contributed by atoms with Gasteiger partial charge in [-0.05, 0) is 117 Å². The Hall–Kier alpha value is -2.65. The van der Waals surface area contributed by atoms with E-state index in [0.29, 0.717) is 35.1 Å². The van der Waals surface area contributed by atoms with Gasteiger partial charge in [0.25, 0.3) is 11.8 Å². The van der Waals surface area contributed by atoms with Crippen LogP contribution in [0.5, 0.6) is 17.2 Å². The summed E-state index contributed by atoms with van der Waals surface area (Å²) in [5.74, 6) is 0.648. The molecule has 0 spiro atoms. The average Bonchev–Trinajstić information content (AvgIpc) is 3.31. The molecule has 1 N–H and O–H groups in total. The van der Waals surface area contributed by atoms with Gasteiger partial charge in [0.15, 0.2) is 11.5 Å². The SMILES string of the molecule is Cc1cc(N2C(=O)NC(=O)/C(=C\c3cc(I)c(OCc4ccc5c(c4)OCO5)c(I)c3)C2=O)ccc1Br. The Morgan fingerprint density at radius 2 is 1.76 bits per heavy atom. The van der Waals surface area contributed by atoms with Gasteiger partial charge in [0.05, 0.1) is 12.8 Å². The molecule has 11 heteroatoms. The number of nitrogens with zero attached hydrogens (tertiary/aromatic N) is 1. The number of carbonyl (C=O) groups is 3. The number of hydrogen-bond donors (Lipinski definition) is 1. The molecule has 4 amide bonds. The van der Waals surface area contributed by atoms with Crippen molar-refractivity contribution in [3.8, 4) is 17.2 Å². The summed E-state index contributed by atoms with van der Waals surface area (Å²) in [6.07, 6.45) is 1.48. The van der Waals surface area contributed by atoms with E-state index in [9.17, 15) is 14.4 Å². The molecule has 0 atom stereocenters. The van der Waals surface area contributed by atoms with Crippen molar-refractivity contribution in [2.75, 3.05) is 11.7 Å². The molecular formula is C26H17BrI2N2O6. The molecule has 8 nitrogen and oxygen atoms in total. The van der Waals surface area contributed by atoms with Gasteiger partial charge in [-0.15, -0.1) is 0 Å². The minimum atomic E-state index is -0.787. The van der Waals surface area contributed by atoms with Gasteiger partial charge in [0.1, 0.15) is 17.9 Å². The van der Waals surface area contributed by atoms with Gasteiger partial charge >= 0.3 is 6.03 Å². The number of rotatable bonds is 5. The van der Waals surface area contributed by atoms with Crippen LogP contribution >= 0.6 is 61.1 Å². The van der Waals surface area contributed by atoms with E-state index in [-0.39, 0.29) is 12.4 Å². The number of nitrogens with one attached hydrogen (secondary N) is 1. The Balaban J connectivity index is 1.39. The summed E-state index contributed by atoms with van der Waals surface area (Å²) < 4.78 is 19.3. The minimum Gasteiger partial charge on any atom is -0.487 e. The third-order valence-corrected chi connectivity index (χ3v) is 8.15. The highest BCUT2D eigenvalue weighted by Crippen LogP contribution is 2.35. The van der Waals surface area contributed by atoms with E-state index >= 15 is 0 Å². The van der Waals surface area contributed by atoms with E-state index in [1.807, 2.05) is 37.3 Å². The number of benzene rings is 3. The number of imide groups is 2. The second-order valence-electron chi connectivity index (χ2n) is 8.18. The number of barbiturate groups is 1. The number of carbonyl (C=O) groups excluding carboxylic acids is 3. The summed E-state index contributed by atoms with van der Waals surface area (Å²) in [5, 5.41) is 2.26. The summed E-state index contributed by atoms with van der Waals surface area (Å²) in [7, 11) is 0. The molecule has 3 aromatic carbocycles. The van der Waals surface area contributed by atoms with E-state index in [1.54, 1.807) is 18.2 Å². The lowest BCUT2D eigenvalue weighted by Crippen LogP contribution is -2.54. The van der Waals surface area contributed by atoms with Crippen LogP contribution in [0.15, 0.2) is 58.6 Å². The topological polar surface area (TPSA) is 94.2 Å². The van der Waals surface area contributed by atoms with Crippen LogP contribution in [0.1, 0.15) is 16.7 Å². The van der Waals surface area contributed by atoms with Crippen LogP contribution in [0.25, 0.3) is 6.08 Å². The number of aryl methyl sites for hydroxylation is 1. The molecule has 1 saturated heterocycles. The van der Waals surface area contributed by atoms with Crippen molar-refractivity contribution in [2.24, 2.45) is 0 Å². The van der Waals surface area contributed by atoms with E-state index < -0.39 is 17.8 Å². The van der Waals surface area contributed by atoms with E-state index in [1.165, 1.54) is 6.08 Å². The van der Waals surface area contributed by atoms with Crippen LogP contribution in [0.2, 0.25) is 0 Å². The fraction of sp³-hybridized carbons (Fsp3) is 0.115. The summed E-state index contributed by atoms with van der Waals surface area (Å²) in [6, 6.07) is 13.6. The summed E-state index contributed by atoms with van der Waals surface area (Å²) >= 11 is 7.72. The fourth-order valence-corrected chi connectivity index (χ4v) is 6.19. The molecule has 0 aromatic heterocycles. The molecule has 2 aliphatic rings. The quantitative estimate of drug-likeness (QED) is 0.196. The van der Waals surface area contributed by atoms with Crippen molar-refractivity contribution in [2.45, 2.75) is 13.5 Å². The first kappa shape index (κ1) is 26.0. The highest BCUT2D eigenvalue weighted by atomic mass is 127. The van der Waals surface area contributed by atoms with Crippen molar-refractivity contribution in [1.82, 2.24) is 5.32 Å².